The highest BCUT2D eigenvalue weighted by Crippen LogP contribution is 2.44. The summed E-state index contributed by atoms with van der Waals surface area (Å²) in [6.45, 7) is 6.30. The molecule has 1 aliphatic rings. The van der Waals surface area contributed by atoms with Gasteiger partial charge in [0.2, 0.25) is 0 Å². The highest BCUT2D eigenvalue weighted by Gasteiger charge is 2.48. The van der Waals surface area contributed by atoms with Crippen LogP contribution in [0.1, 0.15) is 49.4 Å². The van der Waals surface area contributed by atoms with Gasteiger partial charge in [-0.15, -0.1) is 0 Å². The number of carbonyl (C=O) groups excluding carboxylic acids is 2. The van der Waals surface area contributed by atoms with Crippen LogP contribution in [0.4, 0.5) is 10.1 Å². The van der Waals surface area contributed by atoms with E-state index in [0.717, 1.165) is 10.5 Å². The van der Waals surface area contributed by atoms with Crippen LogP contribution in [0.2, 0.25) is 5.02 Å². The zero-order chi connectivity index (χ0) is 26.9. The third-order valence-corrected chi connectivity index (χ3v) is 6.56. The van der Waals surface area contributed by atoms with Gasteiger partial charge >= 0.3 is 0 Å². The fourth-order valence-electron chi connectivity index (χ4n) is 4.48. The lowest BCUT2D eigenvalue weighted by molar-refractivity contribution is -0.132. The molecule has 0 aliphatic carbocycles. The molecule has 6 nitrogen and oxygen atoms in total. The predicted octanol–water partition coefficient (Wildman–Crippen LogP) is 6.64. The Morgan fingerprint density at radius 2 is 1.78 bits per heavy atom. The lowest BCUT2D eigenvalue weighted by Gasteiger charge is -2.26. The molecule has 1 fully saturated rings. The van der Waals surface area contributed by atoms with E-state index in [1.165, 1.54) is 31.4 Å². The zero-order valence-corrected chi connectivity index (χ0v) is 21.7. The lowest BCUT2D eigenvalue weighted by Crippen LogP contribution is -2.29. The number of ether oxygens (including phenoxy) is 2. The molecule has 1 aliphatic heterocycles. The minimum atomic E-state index is -1.22. The van der Waals surface area contributed by atoms with Gasteiger partial charge in [-0.1, -0.05) is 43.6 Å². The number of hydrogen-bond acceptors (Lipinski definition) is 5. The molecule has 0 radical (unpaired) electrons. The number of halogens is 2. The van der Waals surface area contributed by atoms with Crippen molar-refractivity contribution in [1.82, 2.24) is 0 Å². The van der Waals surface area contributed by atoms with Crippen molar-refractivity contribution < 1.29 is 28.6 Å². The van der Waals surface area contributed by atoms with Crippen molar-refractivity contribution in [3.05, 3.63) is 93.8 Å². The van der Waals surface area contributed by atoms with Gasteiger partial charge in [0.25, 0.3) is 11.7 Å². The van der Waals surface area contributed by atoms with E-state index in [1.54, 1.807) is 36.4 Å². The van der Waals surface area contributed by atoms with Crippen LogP contribution in [-0.2, 0) is 9.59 Å². The Morgan fingerprint density at radius 1 is 1.08 bits per heavy atom. The van der Waals surface area contributed by atoms with Gasteiger partial charge in [0.15, 0.2) is 0 Å². The molecule has 0 aromatic heterocycles. The van der Waals surface area contributed by atoms with Crippen molar-refractivity contribution in [2.75, 3.05) is 18.6 Å². The van der Waals surface area contributed by atoms with Crippen LogP contribution < -0.4 is 14.4 Å². The average Bonchev–Trinajstić information content (AvgIpc) is 3.14. The summed E-state index contributed by atoms with van der Waals surface area (Å²) < 4.78 is 26.0. The Labute approximate surface area is 219 Å². The number of aliphatic hydroxyl groups is 1. The molecule has 1 amide bonds. The number of anilines is 1. The summed E-state index contributed by atoms with van der Waals surface area (Å²) in [6, 6.07) is 14.2. The molecule has 8 heteroatoms. The number of methoxy groups -OCH3 is 1. The smallest absolute Gasteiger partial charge is 0.300 e. The van der Waals surface area contributed by atoms with Crippen LogP contribution in [0, 0.1) is 5.82 Å². The molecular formula is C29H27ClFNO5. The second-order valence-electron chi connectivity index (χ2n) is 8.85. The number of rotatable bonds is 7. The van der Waals surface area contributed by atoms with Crippen molar-refractivity contribution in [3.8, 4) is 11.5 Å². The van der Waals surface area contributed by atoms with Gasteiger partial charge in [-0.3, -0.25) is 14.5 Å². The number of ketones is 1. The molecule has 1 atom stereocenters. The minimum absolute atomic E-state index is 0.0560. The number of hydrogen-bond donors (Lipinski definition) is 1. The van der Waals surface area contributed by atoms with Crippen molar-refractivity contribution in [3.63, 3.8) is 0 Å². The van der Waals surface area contributed by atoms with Gasteiger partial charge in [0, 0.05) is 16.8 Å². The van der Waals surface area contributed by atoms with Crippen molar-refractivity contribution in [1.29, 1.82) is 0 Å². The van der Waals surface area contributed by atoms with Gasteiger partial charge < -0.3 is 14.6 Å². The monoisotopic (exact) mass is 523 g/mol. The minimum Gasteiger partial charge on any atom is -0.507 e. The molecule has 0 bridgehead atoms. The normalized spacial score (nSPS) is 16.9. The fourth-order valence-corrected chi connectivity index (χ4v) is 4.74. The van der Waals surface area contributed by atoms with E-state index in [4.69, 9.17) is 21.1 Å². The summed E-state index contributed by atoms with van der Waals surface area (Å²) >= 11 is 6.30. The SMILES string of the molecule is CCOc1ccc(/C(O)=C2\C(=O)C(=O)N(c3ccc(OC)c(Cl)c3)C2c2ccccc2F)cc1C(C)C. The molecule has 1 unspecified atom stereocenters. The molecule has 4 rings (SSSR count). The standard InChI is InChI=1S/C29H27ClFNO5/c1-5-37-23-12-10-17(14-20(23)16(2)3)27(33)25-26(19-8-6-7-9-22(19)31)32(29(35)28(25)34)18-11-13-24(36-4)21(30)15-18/h6-16,26,33H,5H2,1-4H3/b27-25+. The Bertz CT molecular complexity index is 1400. The molecule has 37 heavy (non-hydrogen) atoms. The Balaban J connectivity index is 1.95. The number of nitrogens with zero attached hydrogens (tertiary/aromatic N) is 1. The summed E-state index contributed by atoms with van der Waals surface area (Å²) in [6.07, 6.45) is 0. The Hall–Kier alpha value is -3.84. The van der Waals surface area contributed by atoms with E-state index in [-0.39, 0.29) is 27.8 Å². The van der Waals surface area contributed by atoms with E-state index in [1.807, 2.05) is 20.8 Å². The zero-order valence-electron chi connectivity index (χ0n) is 20.9. The number of amides is 1. The highest BCUT2D eigenvalue weighted by molar-refractivity contribution is 6.51. The Morgan fingerprint density at radius 3 is 2.41 bits per heavy atom. The largest absolute Gasteiger partial charge is 0.507 e. The Kier molecular flexibility index (Phi) is 7.55. The maximum atomic E-state index is 15.1. The number of aliphatic hydroxyl groups excluding tert-OH is 1. The first-order chi connectivity index (χ1) is 17.7. The second kappa shape index (κ2) is 10.6. The van der Waals surface area contributed by atoms with Crippen molar-refractivity contribution in [2.24, 2.45) is 0 Å². The van der Waals surface area contributed by atoms with Crippen LogP contribution in [0.15, 0.2) is 66.2 Å². The molecule has 1 saturated heterocycles. The summed E-state index contributed by atoms with van der Waals surface area (Å²) in [4.78, 5) is 27.9. The first-order valence-electron chi connectivity index (χ1n) is 11.9. The molecule has 0 saturated carbocycles. The first-order valence-corrected chi connectivity index (χ1v) is 12.2. The van der Waals surface area contributed by atoms with Gasteiger partial charge in [0.1, 0.15) is 23.1 Å². The molecule has 0 spiro atoms. The predicted molar refractivity (Wildman–Crippen MR) is 141 cm³/mol. The molecule has 1 N–H and O–H groups in total. The average molecular weight is 524 g/mol. The van der Waals surface area contributed by atoms with E-state index < -0.39 is 29.3 Å². The van der Waals surface area contributed by atoms with Gasteiger partial charge in [-0.2, -0.15) is 0 Å². The second-order valence-corrected chi connectivity index (χ2v) is 9.26. The third-order valence-electron chi connectivity index (χ3n) is 6.26. The number of carbonyl (C=O) groups is 2. The highest BCUT2D eigenvalue weighted by atomic mass is 35.5. The molecule has 3 aromatic carbocycles. The number of benzene rings is 3. The van der Waals surface area contributed by atoms with Crippen molar-refractivity contribution >= 4 is 34.7 Å². The maximum absolute atomic E-state index is 15.1. The van der Waals surface area contributed by atoms with Crippen molar-refractivity contribution in [2.45, 2.75) is 32.7 Å². The van der Waals surface area contributed by atoms with E-state index in [9.17, 15) is 14.7 Å². The van der Waals surface area contributed by atoms with Crippen LogP contribution in [0.25, 0.3) is 5.76 Å². The van der Waals surface area contributed by atoms with Crippen LogP contribution in [0.3, 0.4) is 0 Å². The topological polar surface area (TPSA) is 76.1 Å². The maximum Gasteiger partial charge on any atom is 0.300 e. The van der Waals surface area contributed by atoms with Crippen LogP contribution in [0.5, 0.6) is 11.5 Å². The molecular weight excluding hydrogens is 497 g/mol. The summed E-state index contributed by atoms with van der Waals surface area (Å²) in [5.41, 5.74) is 1.24. The quantitative estimate of drug-likeness (QED) is 0.213. The van der Waals surface area contributed by atoms with Crippen LogP contribution in [-0.4, -0.2) is 30.5 Å². The summed E-state index contributed by atoms with van der Waals surface area (Å²) in [7, 11) is 1.45. The number of Topliss-reactive ketones (excluding diaryl/α,β-unsaturated/α-hetero) is 1. The lowest BCUT2D eigenvalue weighted by atomic mass is 9.93. The van der Waals surface area contributed by atoms with Gasteiger partial charge in [-0.05, 0) is 60.9 Å². The van der Waals surface area contributed by atoms with E-state index in [2.05, 4.69) is 0 Å². The van der Waals surface area contributed by atoms with Gasteiger partial charge in [0.05, 0.1) is 30.4 Å². The molecule has 1 heterocycles. The molecule has 192 valence electrons. The summed E-state index contributed by atoms with van der Waals surface area (Å²) in [5, 5.41) is 11.6. The summed E-state index contributed by atoms with van der Waals surface area (Å²) in [5.74, 6) is -1.78. The van der Waals surface area contributed by atoms with E-state index in [0.29, 0.717) is 23.7 Å². The first kappa shape index (κ1) is 26.2. The van der Waals surface area contributed by atoms with E-state index >= 15 is 4.39 Å². The van der Waals surface area contributed by atoms with Crippen LogP contribution >= 0.6 is 11.6 Å². The molecule has 3 aromatic rings. The van der Waals surface area contributed by atoms with Gasteiger partial charge in [-0.25, -0.2) is 4.39 Å². The fraction of sp³-hybridized carbons (Fsp3) is 0.241. The third kappa shape index (κ3) is 4.79.